The number of halogens is 6. The fourth-order valence-electron chi connectivity index (χ4n) is 2.42. The first-order chi connectivity index (χ1) is 9.37. The lowest BCUT2D eigenvalue weighted by atomic mass is 10.0. The fourth-order valence-corrected chi connectivity index (χ4v) is 3.11. The number of piperazine rings is 1. The standard InChI is InChI=1S/C13H15BrClF3N2.ClH/c14-11-2-1-9(15)7-10(11)12(8-13(16,17)18)20-5-3-19-4-6-20;/h1-2,7,12,19H,3-6,8H2;1H/t12-;/m0./s1. The molecule has 2 nitrogen and oxygen atoms in total. The average molecular weight is 408 g/mol. The smallest absolute Gasteiger partial charge is 0.314 e. The molecule has 1 atom stereocenters. The molecular weight excluding hydrogens is 392 g/mol. The second-order valence-corrected chi connectivity index (χ2v) is 6.08. The maximum absolute atomic E-state index is 12.9. The number of rotatable bonds is 3. The Morgan fingerprint density at radius 2 is 1.90 bits per heavy atom. The summed E-state index contributed by atoms with van der Waals surface area (Å²) in [5.74, 6) is 0. The van der Waals surface area contributed by atoms with Crippen LogP contribution in [0.1, 0.15) is 18.0 Å². The van der Waals surface area contributed by atoms with Crippen LogP contribution in [0.3, 0.4) is 0 Å². The maximum Gasteiger partial charge on any atom is 0.390 e. The summed E-state index contributed by atoms with van der Waals surface area (Å²) < 4.78 is 39.3. The van der Waals surface area contributed by atoms with Gasteiger partial charge in [0.2, 0.25) is 0 Å². The first kappa shape index (κ1) is 19.0. The van der Waals surface area contributed by atoms with Crippen LogP contribution in [0.2, 0.25) is 5.02 Å². The van der Waals surface area contributed by atoms with Crippen molar-refractivity contribution in [3.8, 4) is 0 Å². The van der Waals surface area contributed by atoms with Crippen LogP contribution in [-0.4, -0.2) is 37.3 Å². The van der Waals surface area contributed by atoms with Crippen molar-refractivity contribution < 1.29 is 13.2 Å². The van der Waals surface area contributed by atoms with Crippen molar-refractivity contribution in [1.82, 2.24) is 10.2 Å². The Labute approximate surface area is 141 Å². The second-order valence-electron chi connectivity index (χ2n) is 4.79. The predicted molar refractivity (Wildman–Crippen MR) is 84.3 cm³/mol. The average Bonchev–Trinajstić information content (AvgIpc) is 2.39. The lowest BCUT2D eigenvalue weighted by Crippen LogP contribution is -2.46. The first-order valence-electron chi connectivity index (χ1n) is 6.33. The molecule has 0 unspecified atom stereocenters. The molecule has 0 bridgehead atoms. The topological polar surface area (TPSA) is 15.3 Å². The van der Waals surface area contributed by atoms with Crippen LogP contribution in [0, 0.1) is 0 Å². The molecule has 1 aromatic rings. The summed E-state index contributed by atoms with van der Waals surface area (Å²) >= 11 is 9.28. The van der Waals surface area contributed by atoms with E-state index in [-0.39, 0.29) is 12.4 Å². The third kappa shape index (κ3) is 5.60. The molecule has 0 spiro atoms. The lowest BCUT2D eigenvalue weighted by Gasteiger charge is -2.36. The normalized spacial score (nSPS) is 18.1. The van der Waals surface area contributed by atoms with Crippen LogP contribution in [0.5, 0.6) is 0 Å². The molecule has 21 heavy (non-hydrogen) atoms. The Morgan fingerprint density at radius 3 is 2.48 bits per heavy atom. The molecule has 0 amide bonds. The van der Waals surface area contributed by atoms with Gasteiger partial charge in [0.15, 0.2) is 0 Å². The van der Waals surface area contributed by atoms with Gasteiger partial charge in [-0.1, -0.05) is 27.5 Å². The highest BCUT2D eigenvalue weighted by Crippen LogP contribution is 2.38. The summed E-state index contributed by atoms with van der Waals surface area (Å²) in [7, 11) is 0. The van der Waals surface area contributed by atoms with E-state index in [0.29, 0.717) is 41.2 Å². The van der Waals surface area contributed by atoms with Gasteiger partial charge in [-0.15, -0.1) is 12.4 Å². The van der Waals surface area contributed by atoms with E-state index < -0.39 is 18.6 Å². The molecule has 0 aromatic heterocycles. The Morgan fingerprint density at radius 1 is 1.29 bits per heavy atom. The zero-order chi connectivity index (χ0) is 14.8. The Balaban J connectivity index is 0.00000220. The van der Waals surface area contributed by atoms with Gasteiger partial charge in [0.25, 0.3) is 0 Å². The SMILES string of the molecule is Cl.FC(F)(F)C[C@@H](c1cc(Cl)ccc1Br)N1CCNCC1. The molecule has 1 aliphatic heterocycles. The van der Waals surface area contributed by atoms with Crippen LogP contribution in [0.25, 0.3) is 0 Å². The van der Waals surface area contributed by atoms with E-state index in [0.717, 1.165) is 0 Å². The van der Waals surface area contributed by atoms with Crippen molar-refractivity contribution in [1.29, 1.82) is 0 Å². The molecule has 1 aromatic carbocycles. The molecule has 1 heterocycles. The Kier molecular flexibility index (Phi) is 7.27. The molecular formula is C13H16BrCl2F3N2. The molecule has 1 fully saturated rings. The largest absolute Gasteiger partial charge is 0.390 e. The van der Waals surface area contributed by atoms with Crippen molar-refractivity contribution >= 4 is 39.9 Å². The molecule has 1 N–H and O–H groups in total. The minimum absolute atomic E-state index is 0. The molecule has 2 rings (SSSR count). The first-order valence-corrected chi connectivity index (χ1v) is 7.50. The highest BCUT2D eigenvalue weighted by atomic mass is 79.9. The van der Waals surface area contributed by atoms with Crippen molar-refractivity contribution in [2.24, 2.45) is 0 Å². The monoisotopic (exact) mass is 406 g/mol. The van der Waals surface area contributed by atoms with E-state index in [1.165, 1.54) is 0 Å². The lowest BCUT2D eigenvalue weighted by molar-refractivity contribution is -0.148. The van der Waals surface area contributed by atoms with Crippen molar-refractivity contribution in [3.63, 3.8) is 0 Å². The second kappa shape index (κ2) is 8.02. The maximum atomic E-state index is 12.9. The van der Waals surface area contributed by atoms with Crippen LogP contribution >= 0.6 is 39.9 Å². The summed E-state index contributed by atoms with van der Waals surface area (Å²) in [6.45, 7) is 2.60. The van der Waals surface area contributed by atoms with Gasteiger partial charge in [0.1, 0.15) is 0 Å². The zero-order valence-corrected chi connectivity index (χ0v) is 14.2. The number of hydrogen-bond acceptors (Lipinski definition) is 2. The third-order valence-corrected chi connectivity index (χ3v) is 4.29. The molecule has 0 aliphatic carbocycles. The van der Waals surface area contributed by atoms with E-state index in [1.807, 2.05) is 4.90 Å². The van der Waals surface area contributed by atoms with Gasteiger partial charge in [-0.05, 0) is 23.8 Å². The summed E-state index contributed by atoms with van der Waals surface area (Å²) in [6.07, 6.45) is -5.08. The molecule has 120 valence electrons. The summed E-state index contributed by atoms with van der Waals surface area (Å²) in [6, 6.07) is 4.27. The van der Waals surface area contributed by atoms with E-state index in [9.17, 15) is 13.2 Å². The van der Waals surface area contributed by atoms with Crippen molar-refractivity contribution in [2.45, 2.75) is 18.6 Å². The molecule has 0 radical (unpaired) electrons. The minimum atomic E-state index is -4.21. The third-order valence-electron chi connectivity index (χ3n) is 3.33. The van der Waals surface area contributed by atoms with E-state index in [1.54, 1.807) is 18.2 Å². The van der Waals surface area contributed by atoms with Crippen molar-refractivity contribution in [2.75, 3.05) is 26.2 Å². The van der Waals surface area contributed by atoms with Crippen molar-refractivity contribution in [3.05, 3.63) is 33.3 Å². The summed E-state index contributed by atoms with van der Waals surface area (Å²) in [4.78, 5) is 1.86. The van der Waals surface area contributed by atoms with Crippen LogP contribution in [-0.2, 0) is 0 Å². The number of alkyl halides is 3. The highest BCUT2D eigenvalue weighted by Gasteiger charge is 2.36. The molecule has 0 saturated carbocycles. The van der Waals surface area contributed by atoms with E-state index >= 15 is 0 Å². The van der Waals surface area contributed by atoms with Gasteiger partial charge in [0, 0.05) is 41.7 Å². The fraction of sp³-hybridized carbons (Fsp3) is 0.538. The van der Waals surface area contributed by atoms with Crippen LogP contribution in [0.4, 0.5) is 13.2 Å². The van der Waals surface area contributed by atoms with Gasteiger partial charge < -0.3 is 5.32 Å². The van der Waals surface area contributed by atoms with E-state index in [2.05, 4.69) is 21.2 Å². The van der Waals surface area contributed by atoms with Gasteiger partial charge in [-0.25, -0.2) is 0 Å². The number of nitrogens with zero attached hydrogens (tertiary/aromatic N) is 1. The van der Waals surface area contributed by atoms with Gasteiger partial charge >= 0.3 is 6.18 Å². The zero-order valence-electron chi connectivity index (χ0n) is 11.1. The Bertz CT molecular complexity index is 465. The quantitative estimate of drug-likeness (QED) is 0.797. The van der Waals surface area contributed by atoms with Gasteiger partial charge in [0.05, 0.1) is 6.42 Å². The van der Waals surface area contributed by atoms with Gasteiger partial charge in [-0.2, -0.15) is 13.2 Å². The molecule has 1 aliphatic rings. The Hall–Kier alpha value is -0.0100. The van der Waals surface area contributed by atoms with Crippen LogP contribution in [0.15, 0.2) is 22.7 Å². The highest BCUT2D eigenvalue weighted by molar-refractivity contribution is 9.10. The molecule has 8 heteroatoms. The molecule has 1 saturated heterocycles. The predicted octanol–water partition coefficient (Wildman–Crippen LogP) is 4.42. The number of benzene rings is 1. The number of hydrogen-bond donors (Lipinski definition) is 1. The van der Waals surface area contributed by atoms with Crippen LogP contribution < -0.4 is 5.32 Å². The summed E-state index contributed by atoms with van der Waals surface area (Å²) in [5.41, 5.74) is 0.594. The van der Waals surface area contributed by atoms with Gasteiger partial charge in [-0.3, -0.25) is 4.90 Å². The minimum Gasteiger partial charge on any atom is -0.314 e. The summed E-state index contributed by atoms with van der Waals surface area (Å²) in [5, 5.41) is 3.60. The van der Waals surface area contributed by atoms with E-state index in [4.69, 9.17) is 11.6 Å². The number of nitrogens with one attached hydrogen (secondary N) is 1.